The topological polar surface area (TPSA) is 181 Å². The number of nitrogens with one attached hydrogen (secondary N) is 2. The summed E-state index contributed by atoms with van der Waals surface area (Å²) in [5, 5.41) is 2.70. The van der Waals surface area contributed by atoms with E-state index in [4.69, 9.17) is 18.9 Å². The third-order valence-electron chi connectivity index (χ3n) is 7.41. The number of anilines is 2. The van der Waals surface area contributed by atoms with Crippen molar-refractivity contribution in [3.05, 3.63) is 102 Å². The molecule has 0 saturated carbocycles. The SMILES string of the molecule is CCOC(=O)c1ccccc1NC(=O)CCOc1nc(-c2ncccn2)nc(NS(=O)(=O)c2ccc(C(C)(C)C)cc2)c1Oc1ccccc1OC. The zero-order valence-corrected chi connectivity index (χ0v) is 30.1. The highest BCUT2D eigenvalue weighted by molar-refractivity contribution is 7.92. The van der Waals surface area contributed by atoms with Gasteiger partial charge < -0.3 is 24.3 Å². The van der Waals surface area contributed by atoms with Gasteiger partial charge in [-0.25, -0.2) is 28.2 Å². The summed E-state index contributed by atoms with van der Waals surface area (Å²) in [5.41, 5.74) is 1.21. The van der Waals surface area contributed by atoms with Gasteiger partial charge >= 0.3 is 5.97 Å². The number of benzene rings is 3. The summed E-state index contributed by atoms with van der Waals surface area (Å²) in [6.07, 6.45) is 2.75. The molecule has 2 N–H and O–H groups in total. The highest BCUT2D eigenvalue weighted by Crippen LogP contribution is 2.41. The lowest BCUT2D eigenvalue weighted by Gasteiger charge is -2.20. The predicted octanol–water partition coefficient (Wildman–Crippen LogP) is 6.42. The summed E-state index contributed by atoms with van der Waals surface area (Å²) in [4.78, 5) is 42.8. The molecule has 0 aliphatic heterocycles. The van der Waals surface area contributed by atoms with Crippen LogP contribution in [0, 0.1) is 0 Å². The van der Waals surface area contributed by atoms with Crippen LogP contribution >= 0.6 is 0 Å². The molecule has 15 heteroatoms. The van der Waals surface area contributed by atoms with Gasteiger partial charge in [-0.05, 0) is 60.4 Å². The average Bonchev–Trinajstić information content (AvgIpc) is 3.13. The summed E-state index contributed by atoms with van der Waals surface area (Å²) < 4.78 is 53.0. The number of ether oxygens (including phenoxy) is 4. The van der Waals surface area contributed by atoms with Gasteiger partial charge in [0, 0.05) is 12.4 Å². The molecule has 5 rings (SSSR count). The minimum absolute atomic E-state index is 0.0258. The van der Waals surface area contributed by atoms with Gasteiger partial charge in [-0.1, -0.05) is 57.2 Å². The van der Waals surface area contributed by atoms with Crippen LogP contribution in [-0.2, 0) is 25.0 Å². The van der Waals surface area contributed by atoms with E-state index in [-0.39, 0.29) is 76.0 Å². The Labute approximate surface area is 301 Å². The van der Waals surface area contributed by atoms with Crippen molar-refractivity contribution in [1.82, 2.24) is 19.9 Å². The number of aromatic nitrogens is 4. The van der Waals surface area contributed by atoms with Crippen LogP contribution in [0.3, 0.4) is 0 Å². The van der Waals surface area contributed by atoms with Crippen molar-refractivity contribution in [3.63, 3.8) is 0 Å². The van der Waals surface area contributed by atoms with E-state index in [0.29, 0.717) is 5.75 Å². The molecule has 0 spiro atoms. The Bertz CT molecular complexity index is 2140. The van der Waals surface area contributed by atoms with Crippen LogP contribution in [0.25, 0.3) is 11.6 Å². The lowest BCUT2D eigenvalue weighted by Crippen LogP contribution is -2.19. The third kappa shape index (κ3) is 9.17. The first-order chi connectivity index (χ1) is 24.9. The summed E-state index contributed by atoms with van der Waals surface area (Å²) >= 11 is 0. The fourth-order valence-electron chi connectivity index (χ4n) is 4.77. The monoisotopic (exact) mass is 726 g/mol. The molecular weight excluding hydrogens is 689 g/mol. The Balaban J connectivity index is 1.52. The van der Waals surface area contributed by atoms with Crippen LogP contribution in [0.4, 0.5) is 11.5 Å². The standard InChI is InChI=1S/C37H38N6O8S/c1-6-49-36(45)26-12-7-8-13-27(26)40-30(44)20-23-50-35-31(51-29-15-10-9-14-28(29)48-5)32(41-34(42-35)33-38-21-11-22-39-33)43-52(46,47)25-18-16-24(17-19-25)37(2,3)4/h7-19,21-22H,6,20,23H2,1-5H3,(H,40,44)(H,41,42,43). The molecule has 2 heterocycles. The highest BCUT2D eigenvalue weighted by atomic mass is 32.2. The van der Waals surface area contributed by atoms with Gasteiger partial charge in [-0.15, -0.1) is 0 Å². The summed E-state index contributed by atoms with van der Waals surface area (Å²) in [6, 6.07) is 21.2. The second-order valence-corrected chi connectivity index (χ2v) is 13.8. The van der Waals surface area contributed by atoms with Crippen molar-refractivity contribution in [3.8, 4) is 34.8 Å². The molecule has 0 aliphatic rings. The molecule has 2 aromatic heterocycles. The number of carbonyl (C=O) groups is 2. The van der Waals surface area contributed by atoms with Gasteiger partial charge in [-0.3, -0.25) is 9.52 Å². The number of hydrogen-bond acceptors (Lipinski definition) is 12. The van der Waals surface area contributed by atoms with Crippen molar-refractivity contribution in [1.29, 1.82) is 0 Å². The minimum atomic E-state index is -4.26. The molecule has 0 fully saturated rings. The van der Waals surface area contributed by atoms with Crippen LogP contribution in [0.5, 0.6) is 23.1 Å². The molecule has 14 nitrogen and oxygen atoms in total. The van der Waals surface area contributed by atoms with E-state index in [9.17, 15) is 18.0 Å². The van der Waals surface area contributed by atoms with Crippen molar-refractivity contribution in [2.75, 3.05) is 30.4 Å². The third-order valence-corrected chi connectivity index (χ3v) is 8.76. The van der Waals surface area contributed by atoms with E-state index < -0.39 is 21.9 Å². The zero-order valence-electron chi connectivity index (χ0n) is 29.2. The second-order valence-electron chi connectivity index (χ2n) is 12.1. The summed E-state index contributed by atoms with van der Waals surface area (Å²) in [6.45, 7) is 7.69. The van der Waals surface area contributed by atoms with Crippen LogP contribution in [0.1, 0.15) is 50.0 Å². The summed E-state index contributed by atoms with van der Waals surface area (Å²) in [5.74, 6) is -1.27. The van der Waals surface area contributed by atoms with Crippen molar-refractivity contribution >= 4 is 33.4 Å². The maximum atomic E-state index is 13.8. The second kappa shape index (κ2) is 16.3. The molecule has 1 amide bonds. The molecule has 0 bridgehead atoms. The molecule has 3 aromatic carbocycles. The number of sulfonamides is 1. The molecule has 0 saturated heterocycles. The van der Waals surface area contributed by atoms with E-state index in [2.05, 4.69) is 30.0 Å². The van der Waals surface area contributed by atoms with Crippen LogP contribution in [0.2, 0.25) is 0 Å². The number of amides is 1. The fraction of sp³-hybridized carbons (Fsp3) is 0.243. The Morgan fingerprint density at radius 2 is 1.50 bits per heavy atom. The van der Waals surface area contributed by atoms with E-state index in [1.54, 1.807) is 73.7 Å². The number of esters is 1. The normalized spacial score (nSPS) is 11.3. The van der Waals surface area contributed by atoms with Crippen molar-refractivity contribution in [2.45, 2.75) is 44.4 Å². The Morgan fingerprint density at radius 3 is 2.17 bits per heavy atom. The molecule has 5 aromatic rings. The van der Waals surface area contributed by atoms with Gasteiger partial charge in [0.2, 0.25) is 17.5 Å². The first-order valence-corrected chi connectivity index (χ1v) is 17.7. The number of hydrogen-bond donors (Lipinski definition) is 2. The number of rotatable bonds is 14. The Hall–Kier alpha value is -6.09. The van der Waals surface area contributed by atoms with Gasteiger partial charge in [0.05, 0.1) is 42.9 Å². The predicted molar refractivity (Wildman–Crippen MR) is 193 cm³/mol. The average molecular weight is 727 g/mol. The number of carbonyl (C=O) groups excluding carboxylic acids is 2. The van der Waals surface area contributed by atoms with Crippen LogP contribution < -0.4 is 24.2 Å². The van der Waals surface area contributed by atoms with Crippen LogP contribution in [-0.4, -0.2) is 60.6 Å². The maximum absolute atomic E-state index is 13.8. The number of para-hydroxylation sites is 3. The smallest absolute Gasteiger partial charge is 0.340 e. The molecule has 270 valence electrons. The van der Waals surface area contributed by atoms with E-state index in [1.807, 2.05) is 20.8 Å². The van der Waals surface area contributed by atoms with E-state index in [1.165, 1.54) is 31.6 Å². The first kappa shape index (κ1) is 37.2. The lowest BCUT2D eigenvalue weighted by atomic mass is 9.87. The molecule has 0 aliphatic carbocycles. The lowest BCUT2D eigenvalue weighted by molar-refractivity contribution is -0.116. The van der Waals surface area contributed by atoms with Gasteiger partial charge in [0.1, 0.15) is 0 Å². The van der Waals surface area contributed by atoms with E-state index in [0.717, 1.165) is 5.56 Å². The fourth-order valence-corrected chi connectivity index (χ4v) is 5.77. The van der Waals surface area contributed by atoms with Gasteiger partial charge in [0.25, 0.3) is 15.9 Å². The number of methoxy groups -OCH3 is 1. The van der Waals surface area contributed by atoms with Crippen LogP contribution in [0.15, 0.2) is 96.2 Å². The Morgan fingerprint density at radius 1 is 0.827 bits per heavy atom. The quantitative estimate of drug-likeness (QED) is 0.120. The summed E-state index contributed by atoms with van der Waals surface area (Å²) in [7, 11) is -2.80. The molecule has 0 radical (unpaired) electrons. The number of nitrogens with zero attached hydrogens (tertiary/aromatic N) is 4. The molecule has 0 atom stereocenters. The van der Waals surface area contributed by atoms with E-state index >= 15 is 0 Å². The maximum Gasteiger partial charge on any atom is 0.340 e. The van der Waals surface area contributed by atoms with Gasteiger partial charge in [0.15, 0.2) is 23.1 Å². The molecule has 0 unspecified atom stereocenters. The van der Waals surface area contributed by atoms with Crippen molar-refractivity contribution in [2.24, 2.45) is 0 Å². The van der Waals surface area contributed by atoms with Crippen molar-refractivity contribution < 1.29 is 37.0 Å². The molecular formula is C37H38N6O8S. The molecule has 52 heavy (non-hydrogen) atoms. The minimum Gasteiger partial charge on any atom is -0.493 e. The van der Waals surface area contributed by atoms with Gasteiger partial charge in [-0.2, -0.15) is 4.98 Å². The Kier molecular flexibility index (Phi) is 11.6. The highest BCUT2D eigenvalue weighted by Gasteiger charge is 2.27. The largest absolute Gasteiger partial charge is 0.493 e. The first-order valence-electron chi connectivity index (χ1n) is 16.2. The zero-order chi connectivity index (χ0) is 37.3.